The first-order chi connectivity index (χ1) is 12.2. The second-order valence-electron chi connectivity index (χ2n) is 6.99. The van der Waals surface area contributed by atoms with E-state index in [-0.39, 0.29) is 11.8 Å². The molecule has 3 nitrogen and oxygen atoms in total. The molecule has 2 aromatic rings. The van der Waals surface area contributed by atoms with Gasteiger partial charge in [0, 0.05) is 25.2 Å². The number of Topliss-reactive ketones (excluding diaryl/α,β-unsaturated/α-hetero) is 1. The average molecular weight is 335 g/mol. The molecule has 1 fully saturated rings. The maximum Gasteiger partial charge on any atom is 0.197 e. The van der Waals surface area contributed by atoms with Crippen molar-refractivity contribution in [1.82, 2.24) is 0 Å². The molecule has 0 heterocycles. The summed E-state index contributed by atoms with van der Waals surface area (Å²) >= 11 is 0. The second-order valence-corrected chi connectivity index (χ2v) is 6.99. The van der Waals surface area contributed by atoms with E-state index < -0.39 is 0 Å². The Bertz CT molecular complexity index is 722. The molecule has 1 aliphatic carbocycles. The first kappa shape index (κ1) is 17.4. The summed E-state index contributed by atoms with van der Waals surface area (Å²) in [5, 5.41) is 0. The van der Waals surface area contributed by atoms with Crippen LogP contribution < -0.4 is 4.90 Å². The van der Waals surface area contributed by atoms with Gasteiger partial charge < -0.3 is 4.90 Å². The third-order valence-corrected chi connectivity index (χ3v) is 5.08. The van der Waals surface area contributed by atoms with Crippen LogP contribution in [-0.2, 0) is 9.59 Å². The van der Waals surface area contributed by atoms with Gasteiger partial charge in [-0.15, -0.1) is 0 Å². The number of rotatable bonds is 9. The number of carbonyl (C=O) groups is 2. The minimum Gasteiger partial charge on any atom is -0.371 e. The van der Waals surface area contributed by atoms with Gasteiger partial charge in [-0.3, -0.25) is 9.59 Å². The van der Waals surface area contributed by atoms with Crippen molar-refractivity contribution >= 4 is 17.8 Å². The molecule has 130 valence electrons. The van der Waals surface area contributed by atoms with Crippen molar-refractivity contribution in [2.45, 2.75) is 38.1 Å². The van der Waals surface area contributed by atoms with Crippen LogP contribution in [0.15, 0.2) is 54.6 Å². The molecule has 1 saturated carbocycles. The standard InChI is InChI=1S/C22H25NO2/c1-23(21(15-22(25)16-24)13-12-17-10-11-17)20-9-5-8-19(14-20)18-6-3-2-4-7-18/h2-9,14,16-17,21H,10-13,15H2,1H3. The summed E-state index contributed by atoms with van der Waals surface area (Å²) in [6.45, 7) is 0. The van der Waals surface area contributed by atoms with Crippen molar-refractivity contribution in [3.8, 4) is 11.1 Å². The summed E-state index contributed by atoms with van der Waals surface area (Å²) < 4.78 is 0. The molecule has 2 aromatic carbocycles. The lowest BCUT2D eigenvalue weighted by Gasteiger charge is -2.30. The highest BCUT2D eigenvalue weighted by atomic mass is 16.2. The highest BCUT2D eigenvalue weighted by Gasteiger charge is 2.25. The number of nitrogens with zero attached hydrogens (tertiary/aromatic N) is 1. The largest absolute Gasteiger partial charge is 0.371 e. The lowest BCUT2D eigenvalue weighted by molar-refractivity contribution is -0.130. The zero-order valence-electron chi connectivity index (χ0n) is 14.7. The average Bonchev–Trinajstić information content (AvgIpc) is 3.49. The van der Waals surface area contributed by atoms with Gasteiger partial charge in [0.05, 0.1) is 0 Å². The SMILES string of the molecule is CN(c1cccc(-c2ccccc2)c1)C(CCC1CC1)CC(=O)C=O. The van der Waals surface area contributed by atoms with Crippen molar-refractivity contribution in [3.63, 3.8) is 0 Å². The van der Waals surface area contributed by atoms with Gasteiger partial charge in [0.25, 0.3) is 0 Å². The second kappa shape index (κ2) is 8.11. The van der Waals surface area contributed by atoms with Crippen molar-refractivity contribution in [3.05, 3.63) is 54.6 Å². The fraction of sp³-hybridized carbons (Fsp3) is 0.364. The number of carbonyl (C=O) groups excluding carboxylic acids is 2. The molecule has 0 bridgehead atoms. The smallest absolute Gasteiger partial charge is 0.197 e. The first-order valence-corrected chi connectivity index (χ1v) is 9.03. The van der Waals surface area contributed by atoms with Crippen molar-refractivity contribution < 1.29 is 9.59 Å². The maximum absolute atomic E-state index is 11.7. The van der Waals surface area contributed by atoms with Crippen LogP contribution in [0.5, 0.6) is 0 Å². The number of anilines is 1. The molecular weight excluding hydrogens is 310 g/mol. The first-order valence-electron chi connectivity index (χ1n) is 9.03. The van der Waals surface area contributed by atoms with E-state index in [1.165, 1.54) is 18.4 Å². The van der Waals surface area contributed by atoms with Gasteiger partial charge in [0.1, 0.15) is 0 Å². The number of hydrogen-bond acceptors (Lipinski definition) is 3. The van der Waals surface area contributed by atoms with Crippen molar-refractivity contribution in [1.29, 1.82) is 0 Å². The molecular formula is C22H25NO2. The Labute approximate surface area is 149 Å². The highest BCUT2D eigenvalue weighted by molar-refractivity contribution is 6.25. The predicted octanol–water partition coefficient (Wildman–Crippen LogP) is 4.51. The van der Waals surface area contributed by atoms with Gasteiger partial charge in [0.2, 0.25) is 0 Å². The Kier molecular flexibility index (Phi) is 5.64. The molecule has 0 aliphatic heterocycles. The number of benzene rings is 2. The van der Waals surface area contributed by atoms with E-state index in [1.54, 1.807) is 0 Å². The molecule has 0 spiro atoms. The highest BCUT2D eigenvalue weighted by Crippen LogP contribution is 2.35. The zero-order chi connectivity index (χ0) is 17.6. The third-order valence-electron chi connectivity index (χ3n) is 5.08. The van der Waals surface area contributed by atoms with E-state index in [1.807, 2.05) is 31.3 Å². The van der Waals surface area contributed by atoms with Gasteiger partial charge in [0.15, 0.2) is 12.1 Å². The summed E-state index contributed by atoms with van der Waals surface area (Å²) in [5.41, 5.74) is 3.42. The molecule has 1 atom stereocenters. The number of aldehydes is 1. The number of ketones is 1. The topological polar surface area (TPSA) is 37.4 Å². The van der Waals surface area contributed by atoms with E-state index >= 15 is 0 Å². The van der Waals surface area contributed by atoms with Crippen LogP contribution >= 0.6 is 0 Å². The van der Waals surface area contributed by atoms with Crippen LogP contribution in [0.3, 0.4) is 0 Å². The predicted molar refractivity (Wildman–Crippen MR) is 102 cm³/mol. The lowest BCUT2D eigenvalue weighted by Crippen LogP contribution is -2.34. The Hall–Kier alpha value is -2.42. The minimum atomic E-state index is -0.313. The molecule has 1 unspecified atom stereocenters. The van der Waals surface area contributed by atoms with Crippen molar-refractivity contribution in [2.24, 2.45) is 5.92 Å². The van der Waals surface area contributed by atoms with Crippen LogP contribution in [-0.4, -0.2) is 25.2 Å². The van der Waals surface area contributed by atoms with Crippen LogP contribution in [0.25, 0.3) is 11.1 Å². The van der Waals surface area contributed by atoms with Gasteiger partial charge in [-0.05, 0) is 42.0 Å². The molecule has 0 saturated heterocycles. The molecule has 3 heteroatoms. The van der Waals surface area contributed by atoms with E-state index in [2.05, 4.69) is 35.2 Å². The maximum atomic E-state index is 11.7. The monoisotopic (exact) mass is 335 g/mol. The molecule has 1 aliphatic rings. The van der Waals surface area contributed by atoms with E-state index in [0.717, 1.165) is 30.0 Å². The van der Waals surface area contributed by atoms with E-state index in [9.17, 15) is 9.59 Å². The van der Waals surface area contributed by atoms with Crippen LogP contribution in [0.1, 0.15) is 32.1 Å². The minimum absolute atomic E-state index is 0.0734. The molecule has 25 heavy (non-hydrogen) atoms. The quantitative estimate of drug-likeness (QED) is 0.500. The lowest BCUT2D eigenvalue weighted by atomic mass is 10.00. The normalized spacial score (nSPS) is 14.8. The van der Waals surface area contributed by atoms with Gasteiger partial charge in [-0.1, -0.05) is 55.3 Å². The van der Waals surface area contributed by atoms with Crippen molar-refractivity contribution in [2.75, 3.05) is 11.9 Å². The Balaban J connectivity index is 1.78. The fourth-order valence-corrected chi connectivity index (χ4v) is 3.29. The van der Waals surface area contributed by atoms with Crippen LogP contribution in [0.2, 0.25) is 0 Å². The van der Waals surface area contributed by atoms with Gasteiger partial charge in [-0.25, -0.2) is 0 Å². The Morgan fingerprint density at radius 3 is 2.52 bits per heavy atom. The summed E-state index contributed by atoms with van der Waals surface area (Å²) in [4.78, 5) is 24.7. The van der Waals surface area contributed by atoms with E-state index in [0.29, 0.717) is 12.7 Å². The molecule has 0 amide bonds. The molecule has 0 N–H and O–H groups in total. The molecule has 3 rings (SSSR count). The Morgan fingerprint density at radius 1 is 1.12 bits per heavy atom. The zero-order valence-corrected chi connectivity index (χ0v) is 14.7. The summed E-state index contributed by atoms with van der Waals surface area (Å²) in [6, 6.07) is 18.7. The summed E-state index contributed by atoms with van der Waals surface area (Å²) in [6.07, 6.45) is 5.46. The Morgan fingerprint density at radius 2 is 1.84 bits per heavy atom. The van der Waals surface area contributed by atoms with Gasteiger partial charge >= 0.3 is 0 Å². The summed E-state index contributed by atoms with van der Waals surface area (Å²) in [5.74, 6) is 0.504. The van der Waals surface area contributed by atoms with Crippen LogP contribution in [0, 0.1) is 5.92 Å². The summed E-state index contributed by atoms with van der Waals surface area (Å²) in [7, 11) is 2.03. The fourth-order valence-electron chi connectivity index (χ4n) is 3.29. The molecule has 0 aromatic heterocycles. The van der Waals surface area contributed by atoms with Crippen LogP contribution in [0.4, 0.5) is 5.69 Å². The number of hydrogen-bond donors (Lipinski definition) is 0. The van der Waals surface area contributed by atoms with E-state index in [4.69, 9.17) is 0 Å². The van der Waals surface area contributed by atoms with Gasteiger partial charge in [-0.2, -0.15) is 0 Å². The third kappa shape index (κ3) is 4.79. The molecule has 0 radical (unpaired) electrons.